The standard InChI is InChI=1S/C16H15ClN2O5S/c1-3-10-8-12(16(21)24-4-2)15(25-10)18-14(20)11-7-9(19(22)23)5-6-13(11)17/h5-8H,3-4H2,1-2H3,(H,18,20). The Bertz CT molecular complexity index is 834. The van der Waals surface area contributed by atoms with E-state index in [1.54, 1.807) is 13.0 Å². The summed E-state index contributed by atoms with van der Waals surface area (Å²) in [6, 6.07) is 5.25. The maximum Gasteiger partial charge on any atom is 0.341 e. The molecular formula is C16H15ClN2O5S. The molecule has 2 aromatic rings. The van der Waals surface area contributed by atoms with Crippen LogP contribution in [0.2, 0.25) is 5.02 Å². The van der Waals surface area contributed by atoms with Crippen molar-refractivity contribution in [2.24, 2.45) is 0 Å². The molecular weight excluding hydrogens is 368 g/mol. The molecule has 0 bridgehead atoms. The lowest BCUT2D eigenvalue weighted by Gasteiger charge is -2.07. The zero-order valence-electron chi connectivity index (χ0n) is 13.5. The van der Waals surface area contributed by atoms with Gasteiger partial charge in [0.2, 0.25) is 0 Å². The quantitative estimate of drug-likeness (QED) is 0.456. The molecule has 1 N–H and O–H groups in total. The zero-order valence-corrected chi connectivity index (χ0v) is 15.1. The van der Waals surface area contributed by atoms with Crippen LogP contribution in [0.1, 0.15) is 39.4 Å². The second-order valence-corrected chi connectivity index (χ2v) is 6.45. The van der Waals surface area contributed by atoms with Crippen LogP contribution in [-0.2, 0) is 11.2 Å². The fourth-order valence-electron chi connectivity index (χ4n) is 2.04. The Kier molecular flexibility index (Phi) is 6.11. The average Bonchev–Trinajstić information content (AvgIpc) is 2.98. The Morgan fingerprint density at radius 2 is 2.00 bits per heavy atom. The lowest BCUT2D eigenvalue weighted by Crippen LogP contribution is -2.15. The van der Waals surface area contributed by atoms with Crippen LogP contribution in [-0.4, -0.2) is 23.4 Å². The molecule has 1 heterocycles. The molecule has 1 aromatic heterocycles. The minimum Gasteiger partial charge on any atom is -0.462 e. The van der Waals surface area contributed by atoms with Gasteiger partial charge in [0.15, 0.2) is 0 Å². The lowest BCUT2D eigenvalue weighted by atomic mass is 10.2. The molecule has 9 heteroatoms. The number of anilines is 1. The van der Waals surface area contributed by atoms with Crippen molar-refractivity contribution in [2.75, 3.05) is 11.9 Å². The summed E-state index contributed by atoms with van der Waals surface area (Å²) in [5.41, 5.74) is -0.0451. The molecule has 0 aliphatic carbocycles. The Morgan fingerprint density at radius 1 is 1.28 bits per heavy atom. The van der Waals surface area contributed by atoms with Gasteiger partial charge in [-0.2, -0.15) is 0 Å². The topological polar surface area (TPSA) is 98.5 Å². The SMILES string of the molecule is CCOC(=O)c1cc(CC)sc1NC(=O)c1cc([N+](=O)[O-])ccc1Cl. The van der Waals surface area contributed by atoms with E-state index in [4.69, 9.17) is 16.3 Å². The molecule has 0 unspecified atom stereocenters. The van der Waals surface area contributed by atoms with E-state index in [0.717, 1.165) is 10.9 Å². The number of carbonyl (C=O) groups excluding carboxylic acids is 2. The molecule has 2 rings (SSSR count). The monoisotopic (exact) mass is 382 g/mol. The highest BCUT2D eigenvalue weighted by molar-refractivity contribution is 7.16. The van der Waals surface area contributed by atoms with Crippen molar-refractivity contribution >= 4 is 45.5 Å². The van der Waals surface area contributed by atoms with Gasteiger partial charge in [0.05, 0.1) is 27.7 Å². The molecule has 0 fully saturated rings. The molecule has 0 saturated carbocycles. The first-order valence-corrected chi connectivity index (χ1v) is 8.61. The predicted molar refractivity (Wildman–Crippen MR) is 95.7 cm³/mol. The summed E-state index contributed by atoms with van der Waals surface area (Å²) < 4.78 is 4.99. The fraction of sp³-hybridized carbons (Fsp3) is 0.250. The van der Waals surface area contributed by atoms with Crippen LogP contribution >= 0.6 is 22.9 Å². The van der Waals surface area contributed by atoms with Crippen molar-refractivity contribution in [3.8, 4) is 0 Å². The number of ether oxygens (including phenoxy) is 1. The molecule has 0 spiro atoms. The molecule has 1 aromatic carbocycles. The summed E-state index contributed by atoms with van der Waals surface area (Å²) in [6.45, 7) is 3.82. The molecule has 132 valence electrons. The van der Waals surface area contributed by atoms with Crippen molar-refractivity contribution in [3.05, 3.63) is 55.4 Å². The van der Waals surface area contributed by atoms with Gasteiger partial charge in [0, 0.05) is 17.0 Å². The lowest BCUT2D eigenvalue weighted by molar-refractivity contribution is -0.384. The molecule has 0 aliphatic heterocycles. The van der Waals surface area contributed by atoms with E-state index < -0.39 is 16.8 Å². The third-order valence-electron chi connectivity index (χ3n) is 3.26. The van der Waals surface area contributed by atoms with E-state index in [1.165, 1.54) is 23.5 Å². The number of nitrogens with zero attached hydrogens (tertiary/aromatic N) is 1. The number of hydrogen-bond donors (Lipinski definition) is 1. The van der Waals surface area contributed by atoms with Gasteiger partial charge >= 0.3 is 5.97 Å². The number of nitrogens with one attached hydrogen (secondary N) is 1. The van der Waals surface area contributed by atoms with Crippen molar-refractivity contribution < 1.29 is 19.2 Å². The predicted octanol–water partition coefficient (Wildman–Crippen LogP) is 4.30. The van der Waals surface area contributed by atoms with Crippen LogP contribution in [0.25, 0.3) is 0 Å². The number of hydrogen-bond acceptors (Lipinski definition) is 6. The highest BCUT2D eigenvalue weighted by Gasteiger charge is 2.21. The van der Waals surface area contributed by atoms with Gasteiger partial charge in [0.1, 0.15) is 5.00 Å². The summed E-state index contributed by atoms with van der Waals surface area (Å²) in [4.78, 5) is 35.7. The summed E-state index contributed by atoms with van der Waals surface area (Å²) in [7, 11) is 0. The van der Waals surface area contributed by atoms with Gasteiger partial charge in [-0.15, -0.1) is 11.3 Å². The zero-order chi connectivity index (χ0) is 18.6. The molecule has 0 aliphatic rings. The maximum atomic E-state index is 12.5. The van der Waals surface area contributed by atoms with E-state index in [9.17, 15) is 19.7 Å². The van der Waals surface area contributed by atoms with E-state index in [0.29, 0.717) is 11.4 Å². The van der Waals surface area contributed by atoms with Crippen LogP contribution in [0, 0.1) is 10.1 Å². The van der Waals surface area contributed by atoms with Crippen LogP contribution in [0.5, 0.6) is 0 Å². The van der Waals surface area contributed by atoms with Gasteiger partial charge in [-0.3, -0.25) is 14.9 Å². The number of nitro benzene ring substituents is 1. The van der Waals surface area contributed by atoms with E-state index in [2.05, 4.69) is 5.32 Å². The van der Waals surface area contributed by atoms with Crippen LogP contribution in [0.3, 0.4) is 0 Å². The number of halogens is 1. The first kappa shape index (κ1) is 18.9. The summed E-state index contributed by atoms with van der Waals surface area (Å²) in [5.74, 6) is -1.18. The second-order valence-electron chi connectivity index (χ2n) is 4.90. The third kappa shape index (κ3) is 4.34. The number of rotatable bonds is 6. The number of carbonyl (C=O) groups is 2. The highest BCUT2D eigenvalue weighted by Crippen LogP contribution is 2.31. The summed E-state index contributed by atoms with van der Waals surface area (Å²) in [6.07, 6.45) is 0.685. The summed E-state index contributed by atoms with van der Waals surface area (Å²) >= 11 is 7.22. The molecule has 0 radical (unpaired) electrons. The molecule has 0 atom stereocenters. The van der Waals surface area contributed by atoms with E-state index in [-0.39, 0.29) is 28.4 Å². The minimum atomic E-state index is -0.635. The van der Waals surface area contributed by atoms with E-state index >= 15 is 0 Å². The Hall–Kier alpha value is -2.45. The minimum absolute atomic E-state index is 0.0443. The number of non-ortho nitro benzene ring substituents is 1. The Labute approximate surface area is 152 Å². The van der Waals surface area contributed by atoms with Crippen molar-refractivity contribution in [1.82, 2.24) is 0 Å². The smallest absolute Gasteiger partial charge is 0.341 e. The molecule has 0 saturated heterocycles. The number of benzene rings is 1. The van der Waals surface area contributed by atoms with Gasteiger partial charge in [-0.1, -0.05) is 18.5 Å². The first-order valence-electron chi connectivity index (χ1n) is 7.42. The summed E-state index contributed by atoms with van der Waals surface area (Å²) in [5, 5.41) is 13.9. The van der Waals surface area contributed by atoms with Crippen LogP contribution in [0.4, 0.5) is 10.7 Å². The van der Waals surface area contributed by atoms with Gasteiger partial charge in [0.25, 0.3) is 11.6 Å². The van der Waals surface area contributed by atoms with Crippen molar-refractivity contribution in [3.63, 3.8) is 0 Å². The Balaban J connectivity index is 2.35. The number of amides is 1. The van der Waals surface area contributed by atoms with Crippen LogP contribution < -0.4 is 5.32 Å². The first-order chi connectivity index (χ1) is 11.9. The van der Waals surface area contributed by atoms with Gasteiger partial charge < -0.3 is 10.1 Å². The number of aryl methyl sites for hydroxylation is 1. The molecule has 7 nitrogen and oxygen atoms in total. The number of nitro groups is 1. The average molecular weight is 383 g/mol. The highest BCUT2D eigenvalue weighted by atomic mass is 35.5. The largest absolute Gasteiger partial charge is 0.462 e. The fourth-order valence-corrected chi connectivity index (χ4v) is 3.22. The number of thiophene rings is 1. The normalized spacial score (nSPS) is 10.4. The Morgan fingerprint density at radius 3 is 2.60 bits per heavy atom. The van der Waals surface area contributed by atoms with Crippen molar-refractivity contribution in [1.29, 1.82) is 0 Å². The van der Waals surface area contributed by atoms with Crippen LogP contribution in [0.15, 0.2) is 24.3 Å². The molecule has 1 amide bonds. The third-order valence-corrected chi connectivity index (χ3v) is 4.78. The maximum absolute atomic E-state index is 12.5. The van der Waals surface area contributed by atoms with E-state index in [1.807, 2.05) is 6.92 Å². The van der Waals surface area contributed by atoms with Gasteiger partial charge in [-0.25, -0.2) is 4.79 Å². The van der Waals surface area contributed by atoms with Crippen molar-refractivity contribution in [2.45, 2.75) is 20.3 Å². The second kappa shape index (κ2) is 8.09. The molecule has 25 heavy (non-hydrogen) atoms. The van der Waals surface area contributed by atoms with Gasteiger partial charge in [-0.05, 0) is 25.5 Å². The number of esters is 1.